The first-order valence-electron chi connectivity index (χ1n) is 9.22. The van der Waals surface area contributed by atoms with Gasteiger partial charge in [-0.3, -0.25) is 0 Å². The summed E-state index contributed by atoms with van der Waals surface area (Å²) in [5, 5.41) is 18.3. The third-order valence-electron chi connectivity index (χ3n) is 4.09. The number of aliphatic hydroxyl groups excluding tert-OH is 2. The summed E-state index contributed by atoms with van der Waals surface area (Å²) in [4.78, 5) is 2.42. The van der Waals surface area contributed by atoms with Crippen LogP contribution in [0, 0.1) is 0 Å². The van der Waals surface area contributed by atoms with Crippen molar-refractivity contribution in [2.24, 2.45) is 0 Å². The maximum Gasteiger partial charge on any atom is 0.0558 e. The molecule has 0 radical (unpaired) electrons. The van der Waals surface area contributed by atoms with Crippen molar-refractivity contribution in [2.75, 3.05) is 26.2 Å². The fraction of sp³-hybridized carbons (Fsp3) is 1.00. The highest BCUT2D eigenvalue weighted by Crippen LogP contribution is 2.09. The number of rotatable bonds is 16. The molecule has 0 rings (SSSR count). The summed E-state index contributed by atoms with van der Waals surface area (Å²) in [5.41, 5.74) is 0. The van der Waals surface area contributed by atoms with Crippen LogP contribution in [-0.2, 0) is 0 Å². The second-order valence-electron chi connectivity index (χ2n) is 6.38. The maximum absolute atomic E-state index is 9.18. The zero-order chi connectivity index (χ0) is 15.8. The van der Waals surface area contributed by atoms with E-state index < -0.39 is 0 Å². The Morgan fingerprint density at radius 2 is 1.29 bits per heavy atom. The predicted octanol–water partition coefficient (Wildman–Crippen LogP) is 3.97. The van der Waals surface area contributed by atoms with Gasteiger partial charge in [0.2, 0.25) is 0 Å². The van der Waals surface area contributed by atoms with Crippen LogP contribution in [0.25, 0.3) is 0 Å². The van der Waals surface area contributed by atoms with Gasteiger partial charge in [-0.05, 0) is 39.3 Å². The Balaban J connectivity index is 3.42. The van der Waals surface area contributed by atoms with Crippen LogP contribution in [0.1, 0.15) is 84.5 Å². The average molecular weight is 302 g/mol. The summed E-state index contributed by atoms with van der Waals surface area (Å²) in [6, 6.07) is 0. The SMILES string of the molecule is CCCCCCN(CCO)CCCCCCCCC(C)O. The third-order valence-corrected chi connectivity index (χ3v) is 4.09. The lowest BCUT2D eigenvalue weighted by Gasteiger charge is -2.21. The van der Waals surface area contributed by atoms with E-state index in [-0.39, 0.29) is 12.7 Å². The van der Waals surface area contributed by atoms with Crippen LogP contribution in [-0.4, -0.2) is 47.5 Å². The Bertz CT molecular complexity index is 198. The highest BCUT2D eigenvalue weighted by atomic mass is 16.3. The highest BCUT2D eigenvalue weighted by Gasteiger charge is 2.03. The number of hydrogen-bond donors (Lipinski definition) is 2. The first-order chi connectivity index (χ1) is 10.2. The molecule has 0 saturated heterocycles. The second-order valence-corrected chi connectivity index (χ2v) is 6.38. The molecule has 0 heterocycles. The zero-order valence-electron chi connectivity index (χ0n) is 14.5. The van der Waals surface area contributed by atoms with E-state index in [9.17, 15) is 5.11 Å². The monoisotopic (exact) mass is 301 g/mol. The lowest BCUT2D eigenvalue weighted by atomic mass is 10.1. The lowest BCUT2D eigenvalue weighted by Crippen LogP contribution is -2.29. The molecule has 3 nitrogen and oxygen atoms in total. The van der Waals surface area contributed by atoms with E-state index in [4.69, 9.17) is 5.11 Å². The van der Waals surface area contributed by atoms with Crippen LogP contribution >= 0.6 is 0 Å². The van der Waals surface area contributed by atoms with Gasteiger partial charge in [-0.1, -0.05) is 58.3 Å². The minimum absolute atomic E-state index is 0.134. The molecule has 3 heteroatoms. The molecule has 0 aliphatic rings. The van der Waals surface area contributed by atoms with E-state index in [2.05, 4.69) is 11.8 Å². The van der Waals surface area contributed by atoms with E-state index in [1.807, 2.05) is 6.92 Å². The molecule has 0 spiro atoms. The lowest BCUT2D eigenvalue weighted by molar-refractivity contribution is 0.180. The van der Waals surface area contributed by atoms with Gasteiger partial charge in [-0.25, -0.2) is 0 Å². The van der Waals surface area contributed by atoms with Crippen molar-refractivity contribution < 1.29 is 10.2 Å². The summed E-state index contributed by atoms with van der Waals surface area (Å²) in [6.45, 7) is 7.52. The van der Waals surface area contributed by atoms with Crippen molar-refractivity contribution in [2.45, 2.75) is 90.6 Å². The van der Waals surface area contributed by atoms with Crippen molar-refractivity contribution in [3.63, 3.8) is 0 Å². The summed E-state index contributed by atoms with van der Waals surface area (Å²) in [5.74, 6) is 0. The molecule has 2 N–H and O–H groups in total. The van der Waals surface area contributed by atoms with E-state index in [1.54, 1.807) is 0 Å². The van der Waals surface area contributed by atoms with Gasteiger partial charge >= 0.3 is 0 Å². The number of nitrogens with zero attached hydrogens (tertiary/aromatic N) is 1. The summed E-state index contributed by atoms with van der Waals surface area (Å²) < 4.78 is 0. The number of hydrogen-bond acceptors (Lipinski definition) is 3. The Labute approximate surface area is 132 Å². The minimum Gasteiger partial charge on any atom is -0.395 e. The van der Waals surface area contributed by atoms with Crippen LogP contribution in [0.3, 0.4) is 0 Å². The number of aliphatic hydroxyl groups is 2. The van der Waals surface area contributed by atoms with Crippen LogP contribution in [0.5, 0.6) is 0 Å². The Kier molecular flexibility index (Phi) is 16.2. The zero-order valence-corrected chi connectivity index (χ0v) is 14.5. The van der Waals surface area contributed by atoms with Crippen molar-refractivity contribution in [1.29, 1.82) is 0 Å². The van der Waals surface area contributed by atoms with Crippen molar-refractivity contribution >= 4 is 0 Å². The first-order valence-corrected chi connectivity index (χ1v) is 9.22. The van der Waals surface area contributed by atoms with Gasteiger partial charge in [0.05, 0.1) is 12.7 Å². The molecule has 1 unspecified atom stereocenters. The fourth-order valence-electron chi connectivity index (χ4n) is 2.72. The minimum atomic E-state index is -0.134. The molecule has 0 amide bonds. The second kappa shape index (κ2) is 16.3. The summed E-state index contributed by atoms with van der Waals surface area (Å²) >= 11 is 0. The average Bonchev–Trinajstić information content (AvgIpc) is 2.45. The van der Waals surface area contributed by atoms with Crippen LogP contribution in [0.15, 0.2) is 0 Å². The molecule has 0 bridgehead atoms. The molecule has 0 saturated carbocycles. The Morgan fingerprint density at radius 1 is 0.762 bits per heavy atom. The quantitative estimate of drug-likeness (QED) is 0.424. The smallest absolute Gasteiger partial charge is 0.0558 e. The molecule has 0 aliphatic heterocycles. The van der Waals surface area contributed by atoms with Crippen molar-refractivity contribution in [1.82, 2.24) is 4.90 Å². The Morgan fingerprint density at radius 3 is 1.81 bits per heavy atom. The molecule has 1 atom stereocenters. The normalized spacial score (nSPS) is 13.0. The van der Waals surface area contributed by atoms with Crippen LogP contribution < -0.4 is 0 Å². The first kappa shape index (κ1) is 20.9. The van der Waals surface area contributed by atoms with Gasteiger partial charge in [-0.15, -0.1) is 0 Å². The van der Waals surface area contributed by atoms with Gasteiger partial charge in [0.1, 0.15) is 0 Å². The predicted molar refractivity (Wildman–Crippen MR) is 91.7 cm³/mol. The Hall–Kier alpha value is -0.120. The van der Waals surface area contributed by atoms with E-state index in [0.29, 0.717) is 0 Å². The van der Waals surface area contributed by atoms with Crippen LogP contribution in [0.4, 0.5) is 0 Å². The van der Waals surface area contributed by atoms with Gasteiger partial charge < -0.3 is 15.1 Å². The molecule has 0 aromatic heterocycles. The van der Waals surface area contributed by atoms with Crippen molar-refractivity contribution in [3.8, 4) is 0 Å². The molecule has 128 valence electrons. The molecular weight excluding hydrogens is 262 g/mol. The summed E-state index contributed by atoms with van der Waals surface area (Å²) in [7, 11) is 0. The molecule has 0 aromatic rings. The van der Waals surface area contributed by atoms with E-state index >= 15 is 0 Å². The third kappa shape index (κ3) is 16.1. The topological polar surface area (TPSA) is 43.7 Å². The number of unbranched alkanes of at least 4 members (excludes halogenated alkanes) is 8. The molecule has 0 aromatic carbocycles. The van der Waals surface area contributed by atoms with Crippen LogP contribution in [0.2, 0.25) is 0 Å². The standard InChI is InChI=1S/C18H39NO2/c1-3-4-5-11-14-19(16-17-20)15-12-9-7-6-8-10-13-18(2)21/h18,20-21H,3-17H2,1-2H3. The van der Waals surface area contributed by atoms with Crippen molar-refractivity contribution in [3.05, 3.63) is 0 Å². The van der Waals surface area contributed by atoms with Gasteiger partial charge in [-0.2, -0.15) is 0 Å². The van der Waals surface area contributed by atoms with Gasteiger partial charge in [0.25, 0.3) is 0 Å². The van der Waals surface area contributed by atoms with Gasteiger partial charge in [0, 0.05) is 6.54 Å². The molecule has 0 aliphatic carbocycles. The maximum atomic E-state index is 9.18. The van der Waals surface area contributed by atoms with E-state index in [0.717, 1.165) is 32.5 Å². The summed E-state index contributed by atoms with van der Waals surface area (Å²) in [6.07, 6.45) is 13.6. The van der Waals surface area contributed by atoms with E-state index in [1.165, 1.54) is 57.8 Å². The highest BCUT2D eigenvalue weighted by molar-refractivity contribution is 4.59. The van der Waals surface area contributed by atoms with Gasteiger partial charge in [0.15, 0.2) is 0 Å². The molecule has 0 fully saturated rings. The fourth-order valence-corrected chi connectivity index (χ4v) is 2.72. The molecular formula is C18H39NO2. The molecule has 21 heavy (non-hydrogen) atoms. The largest absolute Gasteiger partial charge is 0.395 e.